The van der Waals surface area contributed by atoms with Crippen molar-refractivity contribution in [3.63, 3.8) is 0 Å². The van der Waals surface area contributed by atoms with Crippen molar-refractivity contribution in [1.82, 2.24) is 0 Å². The summed E-state index contributed by atoms with van der Waals surface area (Å²) in [5.41, 5.74) is 9.26. The maximum atomic E-state index is 6.03. The minimum atomic E-state index is 0.543. The molecule has 2 rings (SSSR count). The van der Waals surface area contributed by atoms with Gasteiger partial charge in [-0.3, -0.25) is 0 Å². The average molecular weight is 315 g/mol. The van der Waals surface area contributed by atoms with Crippen molar-refractivity contribution in [3.05, 3.63) is 54.1 Å². The predicted molar refractivity (Wildman–Crippen MR) is 96.3 cm³/mol. The van der Waals surface area contributed by atoms with Crippen LogP contribution in [0.4, 0.5) is 11.4 Å². The molecule has 2 aromatic carbocycles. The predicted octanol–water partition coefficient (Wildman–Crippen LogP) is 3.64. The number of benzene rings is 2. The van der Waals surface area contributed by atoms with E-state index in [0.717, 1.165) is 17.2 Å². The van der Waals surface area contributed by atoms with Gasteiger partial charge in [-0.05, 0) is 23.8 Å². The van der Waals surface area contributed by atoms with Crippen molar-refractivity contribution in [1.29, 1.82) is 0 Å². The summed E-state index contributed by atoms with van der Waals surface area (Å²) in [5, 5.41) is 0.543. The van der Waals surface area contributed by atoms with E-state index in [0.29, 0.717) is 5.17 Å². The molecule has 2 N–H and O–H groups in total. The number of methoxy groups -OCH3 is 1. The Kier molecular flexibility index (Phi) is 5.72. The minimum absolute atomic E-state index is 0.543. The Balaban J connectivity index is 2.06. The molecule has 4 nitrogen and oxygen atoms in total. The van der Waals surface area contributed by atoms with Crippen LogP contribution in [0.2, 0.25) is 0 Å². The maximum absolute atomic E-state index is 6.03. The van der Waals surface area contributed by atoms with Gasteiger partial charge in [-0.15, -0.1) is 0 Å². The first-order valence-corrected chi connectivity index (χ1v) is 7.95. The molecule has 0 aromatic heterocycles. The third-order valence-electron chi connectivity index (χ3n) is 3.14. The third kappa shape index (κ3) is 4.43. The SMILES string of the molecule is COc1cccc(N=C(N)SCc2ccccc2N(C)C)c1. The van der Waals surface area contributed by atoms with Crippen LogP contribution in [0.15, 0.2) is 53.5 Å². The Bertz CT molecular complexity index is 656. The Morgan fingerprint density at radius 1 is 1.18 bits per heavy atom. The topological polar surface area (TPSA) is 50.9 Å². The van der Waals surface area contributed by atoms with E-state index in [1.807, 2.05) is 50.5 Å². The second-order valence-electron chi connectivity index (χ2n) is 4.96. The van der Waals surface area contributed by atoms with Crippen LogP contribution in [-0.4, -0.2) is 26.4 Å². The molecule has 116 valence electrons. The highest BCUT2D eigenvalue weighted by Crippen LogP contribution is 2.25. The molecule has 0 aliphatic rings. The smallest absolute Gasteiger partial charge is 0.159 e. The second kappa shape index (κ2) is 7.75. The summed E-state index contributed by atoms with van der Waals surface area (Å²) in [7, 11) is 5.72. The summed E-state index contributed by atoms with van der Waals surface area (Å²) in [4.78, 5) is 6.52. The van der Waals surface area contributed by atoms with Gasteiger partial charge in [0, 0.05) is 31.6 Å². The number of aliphatic imine (C=N–C) groups is 1. The molecule has 0 unspecified atom stereocenters. The fourth-order valence-electron chi connectivity index (χ4n) is 2.06. The van der Waals surface area contributed by atoms with Gasteiger partial charge in [-0.2, -0.15) is 0 Å². The number of amidine groups is 1. The van der Waals surface area contributed by atoms with Crippen LogP contribution in [0, 0.1) is 0 Å². The zero-order chi connectivity index (χ0) is 15.9. The van der Waals surface area contributed by atoms with Crippen LogP contribution in [0.5, 0.6) is 5.75 Å². The molecule has 0 bridgehead atoms. The molecule has 0 spiro atoms. The molecule has 0 saturated carbocycles. The Hall–Kier alpha value is -2.14. The Morgan fingerprint density at radius 2 is 1.95 bits per heavy atom. The highest BCUT2D eigenvalue weighted by atomic mass is 32.2. The van der Waals surface area contributed by atoms with Crippen molar-refractivity contribution in [2.24, 2.45) is 10.7 Å². The lowest BCUT2D eigenvalue weighted by atomic mass is 10.2. The number of rotatable bonds is 5. The van der Waals surface area contributed by atoms with Crippen LogP contribution in [0.3, 0.4) is 0 Å². The monoisotopic (exact) mass is 315 g/mol. The first-order valence-electron chi connectivity index (χ1n) is 6.96. The lowest BCUT2D eigenvalue weighted by molar-refractivity contribution is 0.415. The molecule has 22 heavy (non-hydrogen) atoms. The normalized spacial score (nSPS) is 11.3. The summed E-state index contributed by atoms with van der Waals surface area (Å²) in [6.07, 6.45) is 0. The van der Waals surface area contributed by atoms with Crippen molar-refractivity contribution in [2.75, 3.05) is 26.1 Å². The van der Waals surface area contributed by atoms with E-state index >= 15 is 0 Å². The van der Waals surface area contributed by atoms with Crippen LogP contribution < -0.4 is 15.4 Å². The standard InChI is InChI=1S/C17H21N3OS/c1-20(2)16-10-5-4-7-13(16)12-22-17(18)19-14-8-6-9-15(11-14)21-3/h4-11H,12H2,1-3H3,(H2,18,19). The van der Waals surface area contributed by atoms with E-state index in [1.54, 1.807) is 7.11 Å². The lowest BCUT2D eigenvalue weighted by Crippen LogP contribution is -2.12. The molecular formula is C17H21N3OS. The lowest BCUT2D eigenvalue weighted by Gasteiger charge is -2.16. The summed E-state index contributed by atoms with van der Waals surface area (Å²) in [5.74, 6) is 1.56. The number of thioether (sulfide) groups is 1. The van der Waals surface area contributed by atoms with Crippen LogP contribution in [0.25, 0.3) is 0 Å². The van der Waals surface area contributed by atoms with Gasteiger partial charge in [0.2, 0.25) is 0 Å². The highest BCUT2D eigenvalue weighted by molar-refractivity contribution is 8.13. The zero-order valence-electron chi connectivity index (χ0n) is 13.1. The van der Waals surface area contributed by atoms with E-state index in [4.69, 9.17) is 10.5 Å². The molecule has 0 aliphatic carbocycles. The number of nitrogens with two attached hydrogens (primary N) is 1. The zero-order valence-corrected chi connectivity index (χ0v) is 13.9. The number of hydrogen-bond donors (Lipinski definition) is 1. The quantitative estimate of drug-likeness (QED) is 0.676. The number of hydrogen-bond acceptors (Lipinski definition) is 4. The number of ether oxygens (including phenoxy) is 1. The summed E-state index contributed by atoms with van der Waals surface area (Å²) >= 11 is 1.53. The number of para-hydroxylation sites is 1. The van der Waals surface area contributed by atoms with Crippen molar-refractivity contribution >= 4 is 28.3 Å². The molecule has 5 heteroatoms. The van der Waals surface area contributed by atoms with Crippen LogP contribution >= 0.6 is 11.8 Å². The number of anilines is 1. The highest BCUT2D eigenvalue weighted by Gasteiger charge is 2.05. The van der Waals surface area contributed by atoms with Crippen LogP contribution in [-0.2, 0) is 5.75 Å². The molecule has 0 atom stereocenters. The molecule has 0 radical (unpaired) electrons. The molecular weight excluding hydrogens is 294 g/mol. The molecule has 0 aliphatic heterocycles. The van der Waals surface area contributed by atoms with Crippen molar-refractivity contribution in [2.45, 2.75) is 5.75 Å². The van der Waals surface area contributed by atoms with E-state index in [9.17, 15) is 0 Å². The van der Waals surface area contributed by atoms with Crippen LogP contribution in [0.1, 0.15) is 5.56 Å². The molecule has 2 aromatic rings. The van der Waals surface area contributed by atoms with Gasteiger partial charge in [-0.25, -0.2) is 4.99 Å². The van der Waals surface area contributed by atoms with E-state index in [2.05, 4.69) is 22.0 Å². The first kappa shape index (κ1) is 16.2. The maximum Gasteiger partial charge on any atom is 0.159 e. The van der Waals surface area contributed by atoms with E-state index < -0.39 is 0 Å². The molecule has 0 saturated heterocycles. The second-order valence-corrected chi connectivity index (χ2v) is 5.96. The minimum Gasteiger partial charge on any atom is -0.497 e. The van der Waals surface area contributed by atoms with Crippen molar-refractivity contribution in [3.8, 4) is 5.75 Å². The Labute approximate surface area is 136 Å². The van der Waals surface area contributed by atoms with Gasteiger partial charge >= 0.3 is 0 Å². The van der Waals surface area contributed by atoms with Gasteiger partial charge in [-0.1, -0.05) is 36.0 Å². The molecule has 0 fully saturated rings. The van der Waals surface area contributed by atoms with Gasteiger partial charge < -0.3 is 15.4 Å². The summed E-state index contributed by atoms with van der Waals surface area (Å²) < 4.78 is 5.19. The van der Waals surface area contributed by atoms with Crippen molar-refractivity contribution < 1.29 is 4.74 Å². The fourth-order valence-corrected chi connectivity index (χ4v) is 2.78. The van der Waals surface area contributed by atoms with Gasteiger partial charge in [0.15, 0.2) is 5.17 Å². The van der Waals surface area contributed by atoms with Gasteiger partial charge in [0.1, 0.15) is 5.75 Å². The number of nitrogens with zero attached hydrogens (tertiary/aromatic N) is 2. The summed E-state index contributed by atoms with van der Waals surface area (Å²) in [6, 6.07) is 15.8. The van der Waals surface area contributed by atoms with E-state index in [1.165, 1.54) is 23.0 Å². The molecule has 0 amide bonds. The van der Waals surface area contributed by atoms with Gasteiger partial charge in [0.25, 0.3) is 0 Å². The summed E-state index contributed by atoms with van der Waals surface area (Å²) in [6.45, 7) is 0. The average Bonchev–Trinajstić information content (AvgIpc) is 2.53. The first-order chi connectivity index (χ1) is 10.6. The largest absolute Gasteiger partial charge is 0.497 e. The van der Waals surface area contributed by atoms with Gasteiger partial charge in [0.05, 0.1) is 12.8 Å². The third-order valence-corrected chi connectivity index (χ3v) is 3.98. The Morgan fingerprint density at radius 3 is 2.68 bits per heavy atom. The molecule has 0 heterocycles. The fraction of sp³-hybridized carbons (Fsp3) is 0.235. The van der Waals surface area contributed by atoms with E-state index in [-0.39, 0.29) is 0 Å².